The van der Waals surface area contributed by atoms with Gasteiger partial charge in [-0.15, -0.1) is 0 Å². The van der Waals surface area contributed by atoms with E-state index in [0.29, 0.717) is 7.41 Å². The smallest absolute Gasteiger partial charge is 0.271 e. The second kappa shape index (κ2) is 10.4. The molecule has 5 N–H and O–H groups in total. The van der Waals surface area contributed by atoms with E-state index in [1.54, 1.807) is 0 Å². The van der Waals surface area contributed by atoms with Crippen LogP contribution in [0.5, 0.6) is 0 Å². The number of hydrogen-bond acceptors (Lipinski definition) is 7. The lowest BCUT2D eigenvalue weighted by molar-refractivity contribution is -0.140. The van der Waals surface area contributed by atoms with Crippen molar-refractivity contribution in [1.29, 1.82) is 0 Å². The van der Waals surface area contributed by atoms with Gasteiger partial charge in [0.25, 0.3) is 14.3 Å². The molecule has 28 heavy (non-hydrogen) atoms. The minimum Gasteiger partial charge on any atom is -0.362 e. The predicted octanol–water partition coefficient (Wildman–Crippen LogP) is 0.584. The highest BCUT2D eigenvalue weighted by Gasteiger charge is 2.46. The fourth-order valence-corrected chi connectivity index (χ4v) is 4.55. The summed E-state index contributed by atoms with van der Waals surface area (Å²) >= 11 is 3.90. The first-order valence-electron chi connectivity index (χ1n) is 9.28. The molecule has 13 heteroatoms. The number of carbonyl (C=O) groups is 3. The lowest BCUT2D eigenvalue weighted by Gasteiger charge is -2.37. The van der Waals surface area contributed by atoms with Crippen LogP contribution in [0.15, 0.2) is 0 Å². The van der Waals surface area contributed by atoms with Gasteiger partial charge in [0.2, 0.25) is 17.7 Å². The van der Waals surface area contributed by atoms with Crippen molar-refractivity contribution < 1.29 is 14.4 Å². The van der Waals surface area contributed by atoms with Crippen LogP contribution in [0.4, 0.5) is 0 Å². The molecular formula is C15H30B2I2N6O3. The summed E-state index contributed by atoms with van der Waals surface area (Å²) in [6.45, 7) is 9.63. The van der Waals surface area contributed by atoms with Gasteiger partial charge in [0.15, 0.2) is 0 Å². The number of hydrogen-bond donors (Lipinski definition) is 3. The molecule has 1 saturated heterocycles. The zero-order valence-corrected chi connectivity index (χ0v) is 21.5. The fourth-order valence-electron chi connectivity index (χ4n) is 3.23. The maximum Gasteiger partial charge on any atom is 0.271 e. The van der Waals surface area contributed by atoms with Crippen LogP contribution in [0.3, 0.4) is 0 Å². The number of nitrogens with one attached hydrogen (secondary N) is 1. The molecule has 0 radical (unpaired) electrons. The Hall–Kier alpha value is 0.0399. The molecule has 0 aromatic heterocycles. The Bertz CT molecular complexity index is 610. The molecule has 0 saturated carbocycles. The van der Waals surface area contributed by atoms with Crippen LogP contribution in [-0.4, -0.2) is 55.0 Å². The number of amides is 3. The van der Waals surface area contributed by atoms with Gasteiger partial charge in [0, 0.05) is 70.5 Å². The lowest BCUT2D eigenvalue weighted by atomic mass is 9.37. The normalized spacial score (nSPS) is 20.0. The summed E-state index contributed by atoms with van der Waals surface area (Å²) in [5.74, 6) is 10.7. The van der Waals surface area contributed by atoms with E-state index < -0.39 is 5.34 Å². The Morgan fingerprint density at radius 1 is 1.36 bits per heavy atom. The molecule has 9 nitrogen and oxygen atoms in total. The molecule has 2 unspecified atom stereocenters. The standard InChI is InChI=1S/C15H30B2I2N6O3/c1-6-14(2,3)10-9-12(27)23(13(10)28)8-7-11(26)22-15(4,16-24(18)20)17(5)25(19)21/h10,16H,6-9,20-21H2,1-5H3,(H,22,26). The monoisotopic (exact) mass is 618 g/mol. The third-order valence-corrected chi connectivity index (χ3v) is 7.03. The van der Waals surface area contributed by atoms with Crippen molar-refractivity contribution in [3.63, 3.8) is 0 Å². The number of nitrogens with zero attached hydrogens (tertiary/aromatic N) is 3. The maximum atomic E-state index is 12.7. The van der Waals surface area contributed by atoms with E-state index in [9.17, 15) is 14.4 Å². The SMILES string of the molecule is CCC(C)(C)C1CC(=O)N(CCC(=O)NC(C)(BN(N)I)B(C)N(N)I)C1=O. The summed E-state index contributed by atoms with van der Waals surface area (Å²) in [5, 5.41) is 2.26. The average molecular weight is 618 g/mol. The molecule has 0 aromatic carbocycles. The molecule has 0 spiro atoms. The average Bonchev–Trinajstić information content (AvgIpc) is 2.86. The topological polar surface area (TPSA) is 125 Å². The largest absolute Gasteiger partial charge is 0.362 e. The number of likely N-dealkylation sites (tertiary alicyclic amines) is 1. The quantitative estimate of drug-likeness (QED) is 0.0819. The molecule has 158 valence electrons. The number of rotatable bonds is 10. The van der Waals surface area contributed by atoms with E-state index in [1.165, 1.54) is 11.2 Å². The van der Waals surface area contributed by atoms with Gasteiger partial charge in [-0.05, 0) is 5.41 Å². The summed E-state index contributed by atoms with van der Waals surface area (Å²) in [6, 6.07) is 0. The van der Waals surface area contributed by atoms with Crippen molar-refractivity contribution in [2.24, 2.45) is 23.0 Å². The number of carbonyl (C=O) groups excluding carboxylic acids is 3. The van der Waals surface area contributed by atoms with Gasteiger partial charge >= 0.3 is 0 Å². The second-order valence-corrected chi connectivity index (χ2v) is 10.6. The molecule has 2 atom stereocenters. The van der Waals surface area contributed by atoms with E-state index in [2.05, 4.69) is 5.32 Å². The third-order valence-electron chi connectivity index (χ3n) is 5.86. The van der Waals surface area contributed by atoms with E-state index in [4.69, 9.17) is 11.7 Å². The zero-order valence-electron chi connectivity index (χ0n) is 17.2. The van der Waals surface area contributed by atoms with Gasteiger partial charge < -0.3 is 5.32 Å². The summed E-state index contributed by atoms with van der Waals surface area (Å²) in [7, 11) is 0.367. The van der Waals surface area contributed by atoms with E-state index in [-0.39, 0.29) is 55.3 Å². The summed E-state index contributed by atoms with van der Waals surface area (Å²) in [5.41, 5.74) is -0.243. The zero-order chi connectivity index (χ0) is 21.9. The lowest BCUT2D eigenvalue weighted by Crippen LogP contribution is -2.68. The fraction of sp³-hybridized carbons (Fsp3) is 0.800. The molecular weight excluding hydrogens is 588 g/mol. The van der Waals surface area contributed by atoms with E-state index >= 15 is 0 Å². The molecule has 0 aromatic rings. The number of nitrogens with two attached hydrogens (primary N) is 2. The minimum atomic E-state index is -0.714. The number of halogens is 2. The Kier molecular flexibility index (Phi) is 9.66. The van der Waals surface area contributed by atoms with Gasteiger partial charge in [0.1, 0.15) is 0 Å². The molecule has 1 aliphatic heterocycles. The van der Waals surface area contributed by atoms with Crippen molar-refractivity contribution in [1.82, 2.24) is 16.5 Å². The molecule has 1 rings (SSSR count). The number of imide groups is 1. The first-order chi connectivity index (χ1) is 12.7. The van der Waals surface area contributed by atoms with Gasteiger partial charge in [-0.25, -0.2) is 6.27 Å². The number of hydrazine groups is 2. The first-order valence-corrected chi connectivity index (χ1v) is 11.2. The van der Waals surface area contributed by atoms with E-state index in [1.807, 2.05) is 80.2 Å². The Morgan fingerprint density at radius 3 is 2.39 bits per heavy atom. The second-order valence-electron chi connectivity index (χ2n) is 8.28. The Labute approximate surface area is 196 Å². The highest BCUT2D eigenvalue weighted by Crippen LogP contribution is 2.38. The molecule has 1 fully saturated rings. The molecule has 3 amide bonds. The van der Waals surface area contributed by atoms with Crippen molar-refractivity contribution in [2.75, 3.05) is 6.54 Å². The van der Waals surface area contributed by atoms with Crippen LogP contribution in [0.25, 0.3) is 0 Å². The van der Waals surface area contributed by atoms with Gasteiger partial charge in [0.05, 0.1) is 5.92 Å². The van der Waals surface area contributed by atoms with Crippen molar-refractivity contribution in [3.8, 4) is 0 Å². The summed E-state index contributed by atoms with van der Waals surface area (Å²) < 4.78 is 2.95. The highest BCUT2D eigenvalue weighted by molar-refractivity contribution is 14.1. The van der Waals surface area contributed by atoms with E-state index in [0.717, 1.165) is 6.42 Å². The first kappa shape index (κ1) is 26.1. The Balaban J connectivity index is 2.77. The maximum absolute atomic E-state index is 12.7. The third kappa shape index (κ3) is 6.52. The van der Waals surface area contributed by atoms with Crippen LogP contribution in [-0.2, 0) is 14.4 Å². The van der Waals surface area contributed by atoms with Crippen LogP contribution >= 0.6 is 45.7 Å². The van der Waals surface area contributed by atoms with Gasteiger partial charge in [-0.2, -0.15) is 0 Å². The highest BCUT2D eigenvalue weighted by atomic mass is 127. The molecule has 0 bridgehead atoms. The van der Waals surface area contributed by atoms with Crippen LogP contribution < -0.4 is 17.0 Å². The molecule has 1 heterocycles. The van der Waals surface area contributed by atoms with Crippen molar-refractivity contribution in [2.45, 2.75) is 59.1 Å². The predicted molar refractivity (Wildman–Crippen MR) is 129 cm³/mol. The van der Waals surface area contributed by atoms with Crippen molar-refractivity contribution in [3.05, 3.63) is 0 Å². The molecule has 0 aliphatic carbocycles. The summed E-state index contributed by atoms with van der Waals surface area (Å²) in [4.78, 5) is 38.8. The van der Waals surface area contributed by atoms with Crippen LogP contribution in [0.2, 0.25) is 6.82 Å². The van der Waals surface area contributed by atoms with Crippen LogP contribution in [0.1, 0.15) is 47.0 Å². The van der Waals surface area contributed by atoms with Crippen molar-refractivity contribution >= 4 is 77.7 Å². The summed E-state index contributed by atoms with van der Waals surface area (Å²) in [6.07, 6.45) is 1.06. The van der Waals surface area contributed by atoms with Crippen LogP contribution in [0, 0.1) is 11.3 Å². The Morgan fingerprint density at radius 2 is 1.93 bits per heavy atom. The minimum absolute atomic E-state index is 0.0384. The van der Waals surface area contributed by atoms with Gasteiger partial charge in [-0.1, -0.05) is 40.9 Å². The van der Waals surface area contributed by atoms with Gasteiger partial charge in [-0.3, -0.25) is 31.0 Å². The molecule has 1 aliphatic rings.